The van der Waals surface area contributed by atoms with Crippen LogP contribution < -0.4 is 0 Å². The van der Waals surface area contributed by atoms with Crippen LogP contribution in [0.1, 0.15) is 16.8 Å². The summed E-state index contributed by atoms with van der Waals surface area (Å²) in [4.78, 5) is 14.5. The predicted octanol–water partition coefficient (Wildman–Crippen LogP) is 2.28. The van der Waals surface area contributed by atoms with Gasteiger partial charge in [0.05, 0.1) is 15.0 Å². The van der Waals surface area contributed by atoms with Crippen molar-refractivity contribution in [3.8, 4) is 0 Å². The molecule has 0 saturated carbocycles. The zero-order valence-corrected chi connectivity index (χ0v) is 18.3. The lowest BCUT2D eigenvalue weighted by molar-refractivity contribution is 0.0793. The topological polar surface area (TPSA) is 91.8 Å². The molecule has 1 unspecified atom stereocenters. The average molecular weight is 457 g/mol. The van der Waals surface area contributed by atoms with Crippen LogP contribution >= 0.6 is 11.6 Å². The lowest BCUT2D eigenvalue weighted by Gasteiger charge is -2.17. The molecule has 1 aliphatic heterocycles. The molecule has 7 nitrogen and oxygen atoms in total. The standard InChI is InChI=1S/C19H21ClN2O5S2/c1-21(2)29(26,27)17-7-3-14(4-8-17)19(23)22-12-11-18(13-22)28(24,25)16-9-5-15(20)6-10-16/h3-10,18H,11-13H2,1-2H3. The maximum absolute atomic E-state index is 12.8. The molecule has 0 bridgehead atoms. The van der Waals surface area contributed by atoms with Gasteiger partial charge in [-0.3, -0.25) is 4.79 Å². The van der Waals surface area contributed by atoms with E-state index in [0.717, 1.165) is 4.31 Å². The van der Waals surface area contributed by atoms with Crippen LogP contribution in [0.2, 0.25) is 5.02 Å². The summed E-state index contributed by atoms with van der Waals surface area (Å²) in [5, 5.41) is -0.243. The number of hydrogen-bond donors (Lipinski definition) is 0. The van der Waals surface area contributed by atoms with Crippen LogP contribution in [0.3, 0.4) is 0 Å². The molecule has 2 aromatic rings. The summed E-state index contributed by atoms with van der Waals surface area (Å²) < 4.78 is 51.0. The third-order valence-corrected chi connectivity index (χ3v) is 9.17. The number of amides is 1. The van der Waals surface area contributed by atoms with Crippen LogP contribution in [0.5, 0.6) is 0 Å². The van der Waals surface area contributed by atoms with Crippen LogP contribution in [0.25, 0.3) is 0 Å². The van der Waals surface area contributed by atoms with Crippen LogP contribution in [0, 0.1) is 0 Å². The molecule has 0 N–H and O–H groups in total. The van der Waals surface area contributed by atoms with E-state index in [4.69, 9.17) is 11.6 Å². The smallest absolute Gasteiger partial charge is 0.253 e. The normalized spacial score (nSPS) is 17.7. The van der Waals surface area contributed by atoms with Gasteiger partial charge in [-0.2, -0.15) is 0 Å². The van der Waals surface area contributed by atoms with E-state index in [0.29, 0.717) is 23.6 Å². The number of sulfone groups is 1. The Balaban J connectivity index is 1.74. The first-order valence-electron chi connectivity index (χ1n) is 8.85. The molecule has 0 aliphatic carbocycles. The lowest BCUT2D eigenvalue weighted by Crippen LogP contribution is -2.32. The number of sulfonamides is 1. The number of halogens is 1. The minimum absolute atomic E-state index is 0.0849. The summed E-state index contributed by atoms with van der Waals surface area (Å²) in [6, 6.07) is 11.6. The number of carbonyl (C=O) groups is 1. The van der Waals surface area contributed by atoms with E-state index in [1.165, 1.54) is 67.5 Å². The second kappa shape index (κ2) is 8.06. The van der Waals surface area contributed by atoms with E-state index in [9.17, 15) is 21.6 Å². The van der Waals surface area contributed by atoms with Crippen molar-refractivity contribution in [3.63, 3.8) is 0 Å². The molecule has 156 valence electrons. The Bertz CT molecular complexity index is 1110. The second-order valence-electron chi connectivity index (χ2n) is 6.97. The minimum Gasteiger partial charge on any atom is -0.337 e. The molecule has 0 radical (unpaired) electrons. The van der Waals surface area contributed by atoms with Crippen LogP contribution in [0.4, 0.5) is 0 Å². The molecule has 1 atom stereocenters. The van der Waals surface area contributed by atoms with E-state index in [2.05, 4.69) is 0 Å². The molecule has 29 heavy (non-hydrogen) atoms. The number of carbonyl (C=O) groups excluding carboxylic acids is 1. The molecule has 0 spiro atoms. The molecular formula is C19H21ClN2O5S2. The minimum atomic E-state index is -3.58. The van der Waals surface area contributed by atoms with Gasteiger partial charge in [-0.05, 0) is 55.0 Å². The van der Waals surface area contributed by atoms with Crippen molar-refractivity contribution in [1.29, 1.82) is 0 Å². The third kappa shape index (κ3) is 4.32. The molecule has 0 aromatic heterocycles. The Morgan fingerprint density at radius 1 is 0.966 bits per heavy atom. The summed E-state index contributed by atoms with van der Waals surface area (Å²) in [6.07, 6.45) is 0.337. The molecule has 1 amide bonds. The van der Waals surface area contributed by atoms with E-state index in [1.807, 2.05) is 0 Å². The average Bonchev–Trinajstić information content (AvgIpc) is 3.19. The van der Waals surface area contributed by atoms with Gasteiger partial charge in [0.2, 0.25) is 10.0 Å². The van der Waals surface area contributed by atoms with Crippen LogP contribution in [-0.2, 0) is 19.9 Å². The van der Waals surface area contributed by atoms with Crippen LogP contribution in [-0.4, -0.2) is 64.4 Å². The highest BCUT2D eigenvalue weighted by atomic mass is 35.5. The van der Waals surface area contributed by atoms with E-state index in [-0.39, 0.29) is 22.2 Å². The van der Waals surface area contributed by atoms with E-state index in [1.54, 1.807) is 0 Å². The van der Waals surface area contributed by atoms with Crippen molar-refractivity contribution in [2.24, 2.45) is 0 Å². The van der Waals surface area contributed by atoms with Gasteiger partial charge in [0.25, 0.3) is 5.91 Å². The maximum Gasteiger partial charge on any atom is 0.253 e. The van der Waals surface area contributed by atoms with Crippen LogP contribution in [0.15, 0.2) is 58.3 Å². The summed E-state index contributed by atoms with van der Waals surface area (Å²) in [7, 11) is -4.30. The van der Waals surface area contributed by atoms with Crippen molar-refractivity contribution in [2.45, 2.75) is 21.5 Å². The van der Waals surface area contributed by atoms with Gasteiger partial charge in [0.1, 0.15) is 0 Å². The maximum atomic E-state index is 12.8. The summed E-state index contributed by atoms with van der Waals surface area (Å²) in [5.41, 5.74) is 0.312. The van der Waals surface area contributed by atoms with Crippen molar-refractivity contribution in [3.05, 3.63) is 59.1 Å². The van der Waals surface area contributed by atoms with E-state index < -0.39 is 25.1 Å². The predicted molar refractivity (Wildman–Crippen MR) is 110 cm³/mol. The fourth-order valence-electron chi connectivity index (χ4n) is 3.15. The Morgan fingerprint density at radius 3 is 2.07 bits per heavy atom. The zero-order valence-electron chi connectivity index (χ0n) is 15.9. The number of benzene rings is 2. The van der Waals surface area contributed by atoms with Crippen molar-refractivity contribution in [1.82, 2.24) is 9.21 Å². The molecule has 1 aliphatic rings. The number of likely N-dealkylation sites (tertiary alicyclic amines) is 1. The fourth-order valence-corrected chi connectivity index (χ4v) is 5.87. The highest BCUT2D eigenvalue weighted by Gasteiger charge is 2.36. The zero-order chi connectivity index (χ0) is 21.4. The number of nitrogens with zero attached hydrogens (tertiary/aromatic N) is 2. The molecule has 1 fully saturated rings. The largest absolute Gasteiger partial charge is 0.337 e. The van der Waals surface area contributed by atoms with Gasteiger partial charge in [-0.15, -0.1) is 0 Å². The Hall–Kier alpha value is -1.94. The van der Waals surface area contributed by atoms with Crippen molar-refractivity contribution < 1.29 is 21.6 Å². The summed E-state index contributed by atoms with van der Waals surface area (Å²) in [6.45, 7) is 0.398. The van der Waals surface area contributed by atoms with Gasteiger partial charge >= 0.3 is 0 Å². The van der Waals surface area contributed by atoms with Crippen molar-refractivity contribution >= 4 is 37.4 Å². The lowest BCUT2D eigenvalue weighted by atomic mass is 10.2. The Labute approximate surface area is 175 Å². The highest BCUT2D eigenvalue weighted by molar-refractivity contribution is 7.92. The van der Waals surface area contributed by atoms with Gasteiger partial charge in [0, 0.05) is 37.8 Å². The van der Waals surface area contributed by atoms with Gasteiger partial charge in [0.15, 0.2) is 9.84 Å². The van der Waals surface area contributed by atoms with Gasteiger partial charge in [-0.25, -0.2) is 21.1 Å². The first-order chi connectivity index (χ1) is 13.5. The molecule has 3 rings (SSSR count). The number of hydrogen-bond acceptors (Lipinski definition) is 5. The highest BCUT2D eigenvalue weighted by Crippen LogP contribution is 2.26. The quantitative estimate of drug-likeness (QED) is 0.688. The van der Waals surface area contributed by atoms with Crippen molar-refractivity contribution in [2.75, 3.05) is 27.2 Å². The summed E-state index contributed by atoms with van der Waals surface area (Å²) in [5.74, 6) is -0.326. The molecule has 1 heterocycles. The van der Waals surface area contributed by atoms with Gasteiger partial charge in [-0.1, -0.05) is 11.6 Å². The molecule has 1 saturated heterocycles. The summed E-state index contributed by atoms with van der Waals surface area (Å²) >= 11 is 5.82. The second-order valence-corrected chi connectivity index (χ2v) is 11.8. The number of rotatable bonds is 5. The first-order valence-corrected chi connectivity index (χ1v) is 12.2. The first kappa shape index (κ1) is 21.8. The molecule has 10 heteroatoms. The van der Waals surface area contributed by atoms with E-state index >= 15 is 0 Å². The van der Waals surface area contributed by atoms with Gasteiger partial charge < -0.3 is 4.90 Å². The molecule has 2 aromatic carbocycles. The Morgan fingerprint density at radius 2 is 1.52 bits per heavy atom. The SMILES string of the molecule is CN(C)S(=O)(=O)c1ccc(C(=O)N2CCC(S(=O)(=O)c3ccc(Cl)cc3)C2)cc1. The monoisotopic (exact) mass is 456 g/mol. The molecular weight excluding hydrogens is 436 g/mol. The third-order valence-electron chi connectivity index (χ3n) is 4.89. The Kier molecular flexibility index (Phi) is 6.05. The fraction of sp³-hybridized carbons (Fsp3) is 0.316.